The van der Waals surface area contributed by atoms with E-state index in [0.29, 0.717) is 18.7 Å². The quantitative estimate of drug-likeness (QED) is 0.804. The maximum Gasteiger partial charge on any atom is 0.251 e. The van der Waals surface area contributed by atoms with E-state index >= 15 is 0 Å². The van der Waals surface area contributed by atoms with Gasteiger partial charge < -0.3 is 10.1 Å². The standard InChI is InChI=1S/C17H15N3O2S/c21-17(12-5-6-15-16(8-12)20-23-19-15)18-9-14-7-11-3-1-2-4-13(11)10-22-14/h1-6,8,14H,7,9-10H2,(H,18,21). The maximum atomic E-state index is 12.3. The van der Waals surface area contributed by atoms with E-state index in [1.54, 1.807) is 12.1 Å². The van der Waals surface area contributed by atoms with E-state index < -0.39 is 0 Å². The molecule has 0 saturated heterocycles. The van der Waals surface area contributed by atoms with E-state index in [1.165, 1.54) is 11.1 Å². The fourth-order valence-electron chi connectivity index (χ4n) is 2.77. The lowest BCUT2D eigenvalue weighted by atomic mass is 9.99. The van der Waals surface area contributed by atoms with Crippen molar-refractivity contribution in [2.24, 2.45) is 0 Å². The Morgan fingerprint density at radius 2 is 2.00 bits per heavy atom. The molecule has 2 aromatic carbocycles. The van der Waals surface area contributed by atoms with Crippen molar-refractivity contribution in [3.05, 3.63) is 59.2 Å². The van der Waals surface area contributed by atoms with Crippen molar-refractivity contribution < 1.29 is 9.53 Å². The number of nitrogens with one attached hydrogen (secondary N) is 1. The first-order valence-corrected chi connectivity index (χ1v) is 8.21. The number of carbonyl (C=O) groups excluding carboxylic acids is 1. The summed E-state index contributed by atoms with van der Waals surface area (Å²) >= 11 is 1.15. The van der Waals surface area contributed by atoms with Gasteiger partial charge in [-0.2, -0.15) is 8.75 Å². The fourth-order valence-corrected chi connectivity index (χ4v) is 3.29. The minimum atomic E-state index is -0.109. The van der Waals surface area contributed by atoms with Crippen LogP contribution in [0.15, 0.2) is 42.5 Å². The Kier molecular flexibility index (Phi) is 3.77. The molecule has 0 aliphatic carbocycles. The molecule has 0 fully saturated rings. The van der Waals surface area contributed by atoms with Gasteiger partial charge in [0.2, 0.25) is 0 Å². The third-order valence-electron chi connectivity index (χ3n) is 4.05. The lowest BCUT2D eigenvalue weighted by Crippen LogP contribution is -2.36. The van der Waals surface area contributed by atoms with Crippen LogP contribution in [-0.2, 0) is 17.8 Å². The number of ether oxygens (including phenoxy) is 1. The van der Waals surface area contributed by atoms with Gasteiger partial charge in [-0.05, 0) is 29.3 Å². The molecule has 1 aliphatic rings. The zero-order chi connectivity index (χ0) is 15.6. The topological polar surface area (TPSA) is 64.1 Å². The molecular weight excluding hydrogens is 310 g/mol. The number of hydrogen-bond acceptors (Lipinski definition) is 5. The van der Waals surface area contributed by atoms with Gasteiger partial charge in [0.1, 0.15) is 11.0 Å². The fraction of sp³-hybridized carbons (Fsp3) is 0.235. The van der Waals surface area contributed by atoms with Crippen LogP contribution in [0.5, 0.6) is 0 Å². The zero-order valence-electron chi connectivity index (χ0n) is 12.4. The summed E-state index contributed by atoms with van der Waals surface area (Å²) in [5.74, 6) is -0.109. The normalized spacial score (nSPS) is 17.0. The summed E-state index contributed by atoms with van der Waals surface area (Å²) in [5, 5.41) is 2.95. The van der Waals surface area contributed by atoms with E-state index in [0.717, 1.165) is 29.2 Å². The van der Waals surface area contributed by atoms with Crippen LogP contribution in [0.2, 0.25) is 0 Å². The average molecular weight is 325 g/mol. The number of carbonyl (C=O) groups is 1. The molecule has 3 aromatic rings. The van der Waals surface area contributed by atoms with Gasteiger partial charge in [0, 0.05) is 18.5 Å². The molecule has 0 radical (unpaired) electrons. The molecule has 1 unspecified atom stereocenters. The predicted octanol–water partition coefficient (Wildman–Crippen LogP) is 2.56. The van der Waals surface area contributed by atoms with Crippen LogP contribution in [0.4, 0.5) is 0 Å². The monoisotopic (exact) mass is 325 g/mol. The highest BCUT2D eigenvalue weighted by atomic mass is 32.1. The van der Waals surface area contributed by atoms with Crippen LogP contribution in [0.3, 0.4) is 0 Å². The molecular formula is C17H15N3O2S. The Morgan fingerprint density at radius 1 is 1.17 bits per heavy atom. The number of fused-ring (bicyclic) bond motifs is 2. The van der Waals surface area contributed by atoms with Gasteiger partial charge in [0.25, 0.3) is 5.91 Å². The second-order valence-corrected chi connectivity index (χ2v) is 6.11. The molecule has 5 nitrogen and oxygen atoms in total. The summed E-state index contributed by atoms with van der Waals surface area (Å²) in [6.45, 7) is 1.10. The van der Waals surface area contributed by atoms with Crippen molar-refractivity contribution in [2.75, 3.05) is 6.54 Å². The Balaban J connectivity index is 1.40. The van der Waals surface area contributed by atoms with Gasteiger partial charge in [-0.1, -0.05) is 24.3 Å². The number of rotatable bonds is 3. The van der Waals surface area contributed by atoms with Gasteiger partial charge in [-0.15, -0.1) is 0 Å². The first kappa shape index (κ1) is 14.3. The average Bonchev–Trinajstić information content (AvgIpc) is 3.07. The number of amides is 1. The Morgan fingerprint density at radius 3 is 2.91 bits per heavy atom. The van der Waals surface area contributed by atoms with E-state index in [4.69, 9.17) is 4.74 Å². The highest BCUT2D eigenvalue weighted by Gasteiger charge is 2.19. The van der Waals surface area contributed by atoms with Gasteiger partial charge in [-0.3, -0.25) is 4.79 Å². The van der Waals surface area contributed by atoms with Crippen molar-refractivity contribution >= 4 is 28.7 Å². The van der Waals surface area contributed by atoms with E-state index in [-0.39, 0.29) is 12.0 Å². The zero-order valence-corrected chi connectivity index (χ0v) is 13.2. The van der Waals surface area contributed by atoms with Crippen LogP contribution in [0, 0.1) is 0 Å². The molecule has 0 spiro atoms. The second kappa shape index (κ2) is 6.06. The number of benzene rings is 2. The number of aromatic nitrogens is 2. The largest absolute Gasteiger partial charge is 0.371 e. The summed E-state index contributed by atoms with van der Waals surface area (Å²) in [4.78, 5) is 12.3. The summed E-state index contributed by atoms with van der Waals surface area (Å²) in [7, 11) is 0. The van der Waals surface area contributed by atoms with Gasteiger partial charge in [-0.25, -0.2) is 0 Å². The van der Waals surface area contributed by atoms with Crippen molar-refractivity contribution in [3.63, 3.8) is 0 Å². The van der Waals surface area contributed by atoms with E-state index in [1.807, 2.05) is 18.2 Å². The second-order valence-electron chi connectivity index (χ2n) is 5.58. The molecule has 23 heavy (non-hydrogen) atoms. The Bertz CT molecular complexity index is 862. The minimum absolute atomic E-state index is 0.0125. The number of hydrogen-bond donors (Lipinski definition) is 1. The molecule has 1 N–H and O–H groups in total. The maximum absolute atomic E-state index is 12.3. The van der Waals surface area contributed by atoms with Gasteiger partial charge in [0.15, 0.2) is 0 Å². The van der Waals surface area contributed by atoms with E-state index in [9.17, 15) is 4.79 Å². The SMILES string of the molecule is O=C(NCC1Cc2ccccc2CO1)c1ccc2nsnc2c1. The van der Waals surface area contributed by atoms with Gasteiger partial charge in [0.05, 0.1) is 24.4 Å². The summed E-state index contributed by atoms with van der Waals surface area (Å²) in [5.41, 5.74) is 4.70. The van der Waals surface area contributed by atoms with Crippen molar-refractivity contribution in [1.29, 1.82) is 0 Å². The Labute approximate surface area is 137 Å². The molecule has 1 aliphatic heterocycles. The number of nitrogens with zero attached hydrogens (tertiary/aromatic N) is 2. The predicted molar refractivity (Wildman–Crippen MR) is 88.5 cm³/mol. The van der Waals surface area contributed by atoms with Gasteiger partial charge >= 0.3 is 0 Å². The van der Waals surface area contributed by atoms with Crippen LogP contribution < -0.4 is 5.32 Å². The lowest BCUT2D eigenvalue weighted by molar-refractivity contribution is 0.0285. The molecule has 1 atom stereocenters. The van der Waals surface area contributed by atoms with Crippen LogP contribution >= 0.6 is 11.7 Å². The summed E-state index contributed by atoms with van der Waals surface area (Å²) in [6.07, 6.45) is 0.837. The van der Waals surface area contributed by atoms with Crippen molar-refractivity contribution in [3.8, 4) is 0 Å². The molecule has 4 rings (SSSR count). The lowest BCUT2D eigenvalue weighted by Gasteiger charge is -2.25. The first-order chi connectivity index (χ1) is 11.3. The molecule has 6 heteroatoms. The first-order valence-electron chi connectivity index (χ1n) is 7.48. The molecule has 1 aromatic heterocycles. The van der Waals surface area contributed by atoms with Crippen LogP contribution in [0.25, 0.3) is 11.0 Å². The van der Waals surface area contributed by atoms with Crippen LogP contribution in [0.1, 0.15) is 21.5 Å². The molecule has 2 heterocycles. The third kappa shape index (κ3) is 2.95. The molecule has 0 saturated carbocycles. The molecule has 1 amide bonds. The van der Waals surface area contributed by atoms with Crippen molar-refractivity contribution in [2.45, 2.75) is 19.1 Å². The van der Waals surface area contributed by atoms with E-state index in [2.05, 4.69) is 26.2 Å². The highest BCUT2D eigenvalue weighted by Crippen LogP contribution is 2.20. The summed E-state index contributed by atoms with van der Waals surface area (Å²) < 4.78 is 14.1. The molecule has 116 valence electrons. The summed E-state index contributed by atoms with van der Waals surface area (Å²) in [6, 6.07) is 13.6. The highest BCUT2D eigenvalue weighted by molar-refractivity contribution is 7.00. The van der Waals surface area contributed by atoms with Crippen molar-refractivity contribution in [1.82, 2.24) is 14.1 Å². The smallest absolute Gasteiger partial charge is 0.251 e. The van der Waals surface area contributed by atoms with Crippen LogP contribution in [-0.4, -0.2) is 27.3 Å². The minimum Gasteiger partial charge on any atom is -0.371 e. The third-order valence-corrected chi connectivity index (χ3v) is 4.60. The Hall–Kier alpha value is -2.31. The molecule has 0 bridgehead atoms.